The normalized spacial score (nSPS) is 17.1. The fourth-order valence-corrected chi connectivity index (χ4v) is 3.61. The zero-order valence-electron chi connectivity index (χ0n) is 15.6. The van der Waals surface area contributed by atoms with Crippen molar-refractivity contribution in [2.75, 3.05) is 23.3 Å². The van der Waals surface area contributed by atoms with E-state index < -0.39 is 11.6 Å². The zero-order valence-corrected chi connectivity index (χ0v) is 15.6. The lowest BCUT2D eigenvalue weighted by molar-refractivity contribution is -0.120. The Hall–Kier alpha value is -3.03. The maximum Gasteiger partial charge on any atom is 0.231 e. The van der Waals surface area contributed by atoms with Gasteiger partial charge in [0.15, 0.2) is 11.6 Å². The topological polar surface area (TPSA) is 71.3 Å². The smallest absolute Gasteiger partial charge is 0.231 e. The number of fused-ring (bicyclic) bond motifs is 1. The first-order valence-electron chi connectivity index (χ1n) is 9.15. The molecule has 8 heteroatoms. The summed E-state index contributed by atoms with van der Waals surface area (Å²) >= 11 is 0. The number of hydrogen-bond acceptors (Lipinski definition) is 5. The molecule has 0 saturated carbocycles. The van der Waals surface area contributed by atoms with E-state index >= 15 is 0 Å². The monoisotopic (exact) mass is 386 g/mol. The average Bonchev–Trinajstić information content (AvgIpc) is 2.99. The third-order valence-electron chi connectivity index (χ3n) is 5.22. The fraction of sp³-hybridized carbons (Fsp3) is 0.350. The summed E-state index contributed by atoms with van der Waals surface area (Å²) in [7, 11) is 0. The van der Waals surface area contributed by atoms with E-state index in [0.717, 1.165) is 47.6 Å². The van der Waals surface area contributed by atoms with Gasteiger partial charge in [0.2, 0.25) is 11.6 Å². The predicted molar refractivity (Wildman–Crippen MR) is 101 cm³/mol. The first-order valence-corrected chi connectivity index (χ1v) is 9.15. The van der Waals surface area contributed by atoms with Crippen molar-refractivity contribution in [3.05, 3.63) is 47.5 Å². The van der Waals surface area contributed by atoms with Gasteiger partial charge in [-0.2, -0.15) is 0 Å². The van der Waals surface area contributed by atoms with E-state index in [-0.39, 0.29) is 17.5 Å². The number of nitrogens with one attached hydrogen (secondary N) is 1. The van der Waals surface area contributed by atoms with Crippen LogP contribution in [0.4, 0.5) is 20.3 Å². The minimum absolute atomic E-state index is 0.221. The molecule has 1 atom stereocenters. The van der Waals surface area contributed by atoms with Gasteiger partial charge in [-0.3, -0.25) is 4.79 Å². The number of nitrogens with zero attached hydrogens (tertiary/aromatic N) is 3. The number of hydrogen-bond donors (Lipinski definition) is 1. The fourth-order valence-electron chi connectivity index (χ4n) is 3.61. The van der Waals surface area contributed by atoms with Crippen molar-refractivity contribution in [1.29, 1.82) is 0 Å². The van der Waals surface area contributed by atoms with Crippen LogP contribution >= 0.6 is 0 Å². The number of aryl methyl sites for hydroxylation is 2. The molecule has 1 aromatic carbocycles. The van der Waals surface area contributed by atoms with Gasteiger partial charge >= 0.3 is 0 Å². The van der Waals surface area contributed by atoms with Crippen molar-refractivity contribution >= 4 is 28.5 Å². The molecule has 0 radical (unpaired) electrons. The first kappa shape index (κ1) is 18.3. The number of carbonyl (C=O) groups is 1. The van der Waals surface area contributed by atoms with Gasteiger partial charge < -0.3 is 14.6 Å². The average molecular weight is 386 g/mol. The maximum atomic E-state index is 13.4. The summed E-state index contributed by atoms with van der Waals surface area (Å²) in [6, 6.07) is 3.33. The molecule has 0 aliphatic carbocycles. The Bertz CT molecular complexity index is 1050. The quantitative estimate of drug-likeness (QED) is 0.737. The van der Waals surface area contributed by atoms with E-state index in [4.69, 9.17) is 4.42 Å². The molecule has 146 valence electrons. The molecule has 1 aliphatic rings. The van der Waals surface area contributed by atoms with E-state index in [2.05, 4.69) is 20.2 Å². The number of furan rings is 1. The van der Waals surface area contributed by atoms with Crippen LogP contribution in [-0.2, 0) is 4.79 Å². The van der Waals surface area contributed by atoms with E-state index in [1.165, 1.54) is 12.4 Å². The number of benzene rings is 1. The van der Waals surface area contributed by atoms with Gasteiger partial charge in [0, 0.05) is 30.4 Å². The summed E-state index contributed by atoms with van der Waals surface area (Å²) in [5.41, 5.74) is 1.76. The standard InChI is InChI=1S/C20H20F2N4O2/c1-11-12(2)28-20-17(11)18(23-10-24-20)26-7-3-4-13(9-26)19(27)25-14-5-6-15(21)16(22)8-14/h5-6,8,10,13H,3-4,7,9H2,1-2H3,(H,25,27)/t13-/m1/s1. The van der Waals surface area contributed by atoms with Crippen LogP contribution < -0.4 is 10.2 Å². The molecule has 0 spiro atoms. The first-order chi connectivity index (χ1) is 13.4. The van der Waals surface area contributed by atoms with Crippen LogP contribution in [0.3, 0.4) is 0 Å². The van der Waals surface area contributed by atoms with Crippen LogP contribution in [0.15, 0.2) is 28.9 Å². The Morgan fingerprint density at radius 1 is 1.25 bits per heavy atom. The summed E-state index contributed by atoms with van der Waals surface area (Å²) < 4.78 is 32.1. The van der Waals surface area contributed by atoms with Gasteiger partial charge in [-0.15, -0.1) is 0 Å². The molecule has 28 heavy (non-hydrogen) atoms. The lowest BCUT2D eigenvalue weighted by Gasteiger charge is -2.33. The van der Waals surface area contributed by atoms with E-state index in [9.17, 15) is 13.6 Å². The van der Waals surface area contributed by atoms with Crippen molar-refractivity contribution in [2.45, 2.75) is 26.7 Å². The highest BCUT2D eigenvalue weighted by atomic mass is 19.2. The van der Waals surface area contributed by atoms with Crippen LogP contribution in [0.5, 0.6) is 0 Å². The van der Waals surface area contributed by atoms with Gasteiger partial charge in [0.25, 0.3) is 0 Å². The Kier molecular flexibility index (Phi) is 4.70. The second kappa shape index (κ2) is 7.18. The third kappa shape index (κ3) is 3.30. The van der Waals surface area contributed by atoms with Crippen LogP contribution in [0.2, 0.25) is 0 Å². The highest BCUT2D eigenvalue weighted by molar-refractivity contribution is 5.94. The number of aromatic nitrogens is 2. The Morgan fingerprint density at radius 3 is 2.86 bits per heavy atom. The summed E-state index contributed by atoms with van der Waals surface area (Å²) in [6.45, 7) is 5.09. The number of amides is 1. The van der Waals surface area contributed by atoms with Gasteiger partial charge in [0.1, 0.15) is 17.9 Å². The Balaban J connectivity index is 1.55. The van der Waals surface area contributed by atoms with Gasteiger partial charge in [-0.1, -0.05) is 0 Å². The second-order valence-electron chi connectivity index (χ2n) is 7.06. The van der Waals surface area contributed by atoms with Crippen LogP contribution in [-0.4, -0.2) is 29.0 Å². The van der Waals surface area contributed by atoms with Crippen molar-refractivity contribution in [1.82, 2.24) is 9.97 Å². The van der Waals surface area contributed by atoms with Gasteiger partial charge in [-0.25, -0.2) is 18.7 Å². The van der Waals surface area contributed by atoms with E-state index in [1.54, 1.807) is 0 Å². The molecule has 0 bridgehead atoms. The maximum absolute atomic E-state index is 13.4. The molecule has 1 aliphatic heterocycles. The van der Waals surface area contributed by atoms with Crippen molar-refractivity contribution in [3.63, 3.8) is 0 Å². The molecule has 6 nitrogen and oxygen atoms in total. The van der Waals surface area contributed by atoms with Gasteiger partial charge in [0.05, 0.1) is 11.3 Å². The third-order valence-corrected chi connectivity index (χ3v) is 5.22. The number of anilines is 2. The van der Waals surface area contributed by atoms with Crippen LogP contribution in [0.25, 0.3) is 11.1 Å². The Morgan fingerprint density at radius 2 is 2.07 bits per heavy atom. The molecular weight excluding hydrogens is 366 g/mol. The molecule has 2 aromatic heterocycles. The second-order valence-corrected chi connectivity index (χ2v) is 7.06. The molecular formula is C20H20F2N4O2. The van der Waals surface area contributed by atoms with Crippen molar-refractivity contribution < 1.29 is 18.0 Å². The number of rotatable bonds is 3. The van der Waals surface area contributed by atoms with E-state index in [1.807, 2.05) is 13.8 Å². The lowest BCUT2D eigenvalue weighted by atomic mass is 9.96. The molecule has 3 heterocycles. The summed E-state index contributed by atoms with van der Waals surface area (Å²) in [5, 5.41) is 3.54. The highest BCUT2D eigenvalue weighted by Crippen LogP contribution is 2.32. The zero-order chi connectivity index (χ0) is 19.8. The van der Waals surface area contributed by atoms with E-state index in [0.29, 0.717) is 18.7 Å². The minimum atomic E-state index is -0.989. The predicted octanol–water partition coefficient (Wildman–Crippen LogP) is 3.97. The highest BCUT2D eigenvalue weighted by Gasteiger charge is 2.29. The van der Waals surface area contributed by atoms with Crippen LogP contribution in [0, 0.1) is 31.4 Å². The Labute approximate surface area is 160 Å². The molecule has 0 unspecified atom stereocenters. The molecule has 1 fully saturated rings. The minimum Gasteiger partial charge on any atom is -0.443 e. The molecule has 1 saturated heterocycles. The SMILES string of the molecule is Cc1oc2ncnc(N3CCC[C@@H](C(=O)Nc4ccc(F)c(F)c4)C3)c2c1C. The summed E-state index contributed by atoms with van der Waals surface area (Å²) in [5.74, 6) is -0.898. The van der Waals surface area contributed by atoms with Gasteiger partial charge in [-0.05, 0) is 38.8 Å². The van der Waals surface area contributed by atoms with Crippen molar-refractivity contribution in [2.24, 2.45) is 5.92 Å². The number of piperidine rings is 1. The molecule has 3 aromatic rings. The lowest BCUT2D eigenvalue weighted by Crippen LogP contribution is -2.41. The summed E-state index contributed by atoms with van der Waals surface area (Å²) in [4.78, 5) is 23.4. The summed E-state index contributed by atoms with van der Waals surface area (Å²) in [6.07, 6.45) is 2.99. The van der Waals surface area contributed by atoms with Crippen molar-refractivity contribution in [3.8, 4) is 0 Å². The molecule has 4 rings (SSSR count). The molecule has 1 N–H and O–H groups in total. The number of carbonyl (C=O) groups excluding carboxylic acids is 1. The number of halogens is 2. The molecule has 1 amide bonds. The largest absolute Gasteiger partial charge is 0.443 e. The van der Waals surface area contributed by atoms with Crippen LogP contribution in [0.1, 0.15) is 24.2 Å².